The molecule has 0 unspecified atom stereocenters. The van der Waals surface area contributed by atoms with Crippen LogP contribution in [-0.2, 0) is 10.4 Å². The Bertz CT molecular complexity index is 698. The number of halogens is 1. The molecule has 1 aromatic heterocycles. The molecule has 0 saturated carbocycles. The number of carbonyl (C=O) groups is 2. The molecule has 2 heterocycles. The van der Waals surface area contributed by atoms with E-state index in [9.17, 15) is 14.7 Å². The molecular weight excluding hydrogens is 389 g/mol. The Kier molecular flexibility index (Phi) is 3.39. The van der Waals surface area contributed by atoms with Crippen molar-refractivity contribution < 1.29 is 14.7 Å². The first kappa shape index (κ1) is 13.7. The van der Waals surface area contributed by atoms with Crippen molar-refractivity contribution in [3.05, 3.63) is 49.7 Å². The van der Waals surface area contributed by atoms with Crippen LogP contribution in [0.4, 0.5) is 5.69 Å². The van der Waals surface area contributed by atoms with Gasteiger partial charge in [-0.05, 0) is 52.2 Å². The lowest BCUT2D eigenvalue weighted by Gasteiger charge is -2.19. The average molecular weight is 399 g/mol. The van der Waals surface area contributed by atoms with Gasteiger partial charge < -0.3 is 10.4 Å². The van der Waals surface area contributed by atoms with Gasteiger partial charge in [0.15, 0.2) is 11.4 Å². The van der Waals surface area contributed by atoms with E-state index >= 15 is 0 Å². The first-order valence-corrected chi connectivity index (χ1v) is 7.87. The molecule has 2 N–H and O–H groups in total. The summed E-state index contributed by atoms with van der Waals surface area (Å²) in [6.45, 7) is 0. The monoisotopic (exact) mass is 399 g/mol. The number of amides is 1. The van der Waals surface area contributed by atoms with Gasteiger partial charge in [0.1, 0.15) is 0 Å². The van der Waals surface area contributed by atoms with E-state index in [-0.39, 0.29) is 12.2 Å². The maximum absolute atomic E-state index is 12.2. The van der Waals surface area contributed by atoms with Crippen molar-refractivity contribution in [1.82, 2.24) is 0 Å². The lowest BCUT2D eigenvalue weighted by Crippen LogP contribution is -2.36. The maximum atomic E-state index is 12.2. The van der Waals surface area contributed by atoms with Gasteiger partial charge in [0.2, 0.25) is 0 Å². The van der Waals surface area contributed by atoms with E-state index in [1.54, 1.807) is 29.6 Å². The van der Waals surface area contributed by atoms with Crippen molar-refractivity contribution in [1.29, 1.82) is 0 Å². The summed E-state index contributed by atoms with van der Waals surface area (Å²) in [6, 6.07) is 8.77. The largest absolute Gasteiger partial charge is 0.375 e. The molecule has 6 heteroatoms. The molecule has 0 saturated heterocycles. The number of Topliss-reactive ketones (excluding diaryl/α,β-unsaturated/α-hetero) is 1. The Morgan fingerprint density at radius 1 is 1.40 bits per heavy atom. The fraction of sp³-hybridized carbons (Fsp3) is 0.143. The van der Waals surface area contributed by atoms with E-state index < -0.39 is 11.5 Å². The third-order valence-corrected chi connectivity index (χ3v) is 4.85. The fourth-order valence-electron chi connectivity index (χ4n) is 2.25. The van der Waals surface area contributed by atoms with Gasteiger partial charge in [-0.2, -0.15) is 0 Å². The van der Waals surface area contributed by atoms with Crippen molar-refractivity contribution >= 4 is 51.3 Å². The highest BCUT2D eigenvalue weighted by Gasteiger charge is 2.46. The molecular formula is C14H10INO3S. The van der Waals surface area contributed by atoms with Crippen LogP contribution < -0.4 is 5.32 Å². The molecule has 0 bridgehead atoms. The lowest BCUT2D eigenvalue weighted by molar-refractivity contribution is -0.133. The van der Waals surface area contributed by atoms with Crippen LogP contribution in [0, 0.1) is 3.57 Å². The summed E-state index contributed by atoms with van der Waals surface area (Å²) >= 11 is 3.41. The normalized spacial score (nSPS) is 20.6. The number of hydrogen-bond acceptors (Lipinski definition) is 4. The highest BCUT2D eigenvalue weighted by Crippen LogP contribution is 2.40. The molecule has 1 amide bonds. The van der Waals surface area contributed by atoms with Gasteiger partial charge >= 0.3 is 0 Å². The van der Waals surface area contributed by atoms with E-state index in [0.717, 1.165) is 3.57 Å². The molecule has 20 heavy (non-hydrogen) atoms. The third kappa shape index (κ3) is 2.17. The van der Waals surface area contributed by atoms with Crippen LogP contribution in [-0.4, -0.2) is 16.8 Å². The second-order valence-corrected chi connectivity index (χ2v) is 6.77. The number of benzene rings is 1. The smallest absolute Gasteiger partial charge is 0.261 e. The van der Waals surface area contributed by atoms with Gasteiger partial charge in [0.25, 0.3) is 5.91 Å². The van der Waals surface area contributed by atoms with Gasteiger partial charge in [-0.25, -0.2) is 0 Å². The molecule has 0 aliphatic carbocycles. The number of fused-ring (bicyclic) bond motifs is 1. The Balaban J connectivity index is 1.98. The summed E-state index contributed by atoms with van der Waals surface area (Å²) in [5.41, 5.74) is -0.742. The molecule has 1 aromatic carbocycles. The van der Waals surface area contributed by atoms with E-state index in [4.69, 9.17) is 0 Å². The predicted octanol–water partition coefficient (Wildman–Crippen LogP) is 2.77. The Hall–Kier alpha value is -1.25. The van der Waals surface area contributed by atoms with Crippen LogP contribution in [0.5, 0.6) is 0 Å². The quantitative estimate of drug-likeness (QED) is 0.616. The number of rotatable bonds is 3. The number of carbonyl (C=O) groups excluding carboxylic acids is 2. The number of aliphatic hydroxyl groups is 1. The minimum Gasteiger partial charge on any atom is -0.375 e. The SMILES string of the molecule is O=C(C[C@]1(O)C(=O)Nc2ccc(I)cc21)c1cccs1. The summed E-state index contributed by atoms with van der Waals surface area (Å²) in [5, 5.41) is 15.1. The van der Waals surface area contributed by atoms with Crippen molar-refractivity contribution in [2.24, 2.45) is 0 Å². The van der Waals surface area contributed by atoms with E-state index in [0.29, 0.717) is 16.1 Å². The van der Waals surface area contributed by atoms with Crippen molar-refractivity contribution in [3.63, 3.8) is 0 Å². The Labute approximate surface area is 133 Å². The van der Waals surface area contributed by atoms with Crippen LogP contribution in [0.1, 0.15) is 21.7 Å². The van der Waals surface area contributed by atoms with Crippen molar-refractivity contribution in [2.45, 2.75) is 12.0 Å². The lowest BCUT2D eigenvalue weighted by atomic mass is 9.89. The van der Waals surface area contributed by atoms with Crippen LogP contribution in [0.2, 0.25) is 0 Å². The van der Waals surface area contributed by atoms with Gasteiger partial charge in [-0.15, -0.1) is 11.3 Å². The predicted molar refractivity (Wildman–Crippen MR) is 85.0 cm³/mol. The minimum absolute atomic E-state index is 0.232. The van der Waals surface area contributed by atoms with Gasteiger partial charge in [-0.3, -0.25) is 9.59 Å². The number of nitrogens with one attached hydrogen (secondary N) is 1. The van der Waals surface area contributed by atoms with Crippen molar-refractivity contribution in [3.8, 4) is 0 Å². The maximum Gasteiger partial charge on any atom is 0.261 e. The van der Waals surface area contributed by atoms with Crippen LogP contribution in [0.25, 0.3) is 0 Å². The van der Waals surface area contributed by atoms with E-state index in [1.165, 1.54) is 11.3 Å². The second kappa shape index (κ2) is 4.94. The highest BCUT2D eigenvalue weighted by atomic mass is 127. The number of thiophene rings is 1. The zero-order valence-electron chi connectivity index (χ0n) is 10.2. The summed E-state index contributed by atoms with van der Waals surface area (Å²) in [4.78, 5) is 24.8. The first-order valence-electron chi connectivity index (χ1n) is 5.91. The van der Waals surface area contributed by atoms with Crippen LogP contribution in [0.3, 0.4) is 0 Å². The molecule has 1 aliphatic heterocycles. The minimum atomic E-state index is -1.78. The van der Waals surface area contributed by atoms with Gasteiger partial charge in [0, 0.05) is 14.8 Å². The van der Waals surface area contributed by atoms with Gasteiger partial charge in [0.05, 0.1) is 11.3 Å². The summed E-state index contributed by atoms with van der Waals surface area (Å²) in [7, 11) is 0. The Morgan fingerprint density at radius 3 is 2.90 bits per heavy atom. The third-order valence-electron chi connectivity index (χ3n) is 3.26. The molecule has 102 valence electrons. The van der Waals surface area contributed by atoms with E-state index in [1.807, 2.05) is 6.07 Å². The first-order chi connectivity index (χ1) is 9.50. The zero-order valence-corrected chi connectivity index (χ0v) is 13.2. The fourth-order valence-corrected chi connectivity index (χ4v) is 3.40. The standard InChI is InChI=1S/C14H10INO3S/c15-8-3-4-10-9(6-8)14(19,13(18)16-10)7-11(17)12-2-1-5-20-12/h1-6,19H,7H2,(H,16,18)/t14-/m1/s1. The number of anilines is 1. The molecule has 0 radical (unpaired) electrons. The second-order valence-electron chi connectivity index (χ2n) is 4.58. The molecule has 2 aromatic rings. The van der Waals surface area contributed by atoms with Crippen LogP contribution in [0.15, 0.2) is 35.7 Å². The number of ketones is 1. The van der Waals surface area contributed by atoms with Gasteiger partial charge in [-0.1, -0.05) is 6.07 Å². The average Bonchev–Trinajstić information content (AvgIpc) is 3.00. The molecule has 1 aliphatic rings. The topological polar surface area (TPSA) is 66.4 Å². The highest BCUT2D eigenvalue weighted by molar-refractivity contribution is 14.1. The molecule has 4 nitrogen and oxygen atoms in total. The zero-order chi connectivity index (χ0) is 14.3. The molecule has 0 spiro atoms. The Morgan fingerprint density at radius 2 is 2.20 bits per heavy atom. The van der Waals surface area contributed by atoms with Crippen LogP contribution >= 0.6 is 33.9 Å². The van der Waals surface area contributed by atoms with E-state index in [2.05, 4.69) is 27.9 Å². The summed E-state index contributed by atoms with van der Waals surface area (Å²) < 4.78 is 0.903. The molecule has 3 rings (SSSR count). The molecule has 0 fully saturated rings. The number of hydrogen-bond donors (Lipinski definition) is 2. The summed E-state index contributed by atoms with van der Waals surface area (Å²) in [5.74, 6) is -0.774. The molecule has 1 atom stereocenters. The van der Waals surface area contributed by atoms with Crippen molar-refractivity contribution in [2.75, 3.05) is 5.32 Å². The summed E-state index contributed by atoms with van der Waals surface area (Å²) in [6.07, 6.45) is -0.244.